The zero-order chi connectivity index (χ0) is 14.7. The van der Waals surface area contributed by atoms with Gasteiger partial charge in [0.25, 0.3) is 0 Å². The van der Waals surface area contributed by atoms with Gasteiger partial charge in [-0.25, -0.2) is 4.79 Å². The summed E-state index contributed by atoms with van der Waals surface area (Å²) < 4.78 is 0. The maximum Gasteiger partial charge on any atom is 0.321 e. The molecule has 0 aromatic heterocycles. The number of primary amides is 1. The lowest BCUT2D eigenvalue weighted by molar-refractivity contribution is -0.121. The Bertz CT molecular complexity index is 498. The average Bonchev–Trinajstić information content (AvgIpc) is 2.89. The van der Waals surface area contributed by atoms with Crippen LogP contribution >= 0.6 is 0 Å². The summed E-state index contributed by atoms with van der Waals surface area (Å²) in [4.78, 5) is 24.7. The van der Waals surface area contributed by atoms with E-state index in [9.17, 15) is 9.59 Å². The van der Waals surface area contributed by atoms with Crippen molar-refractivity contribution in [1.29, 1.82) is 0 Å². The molecule has 1 aromatic rings. The summed E-state index contributed by atoms with van der Waals surface area (Å²) in [6.07, 6.45) is 0.631. The Hall–Kier alpha value is -2.08. The largest absolute Gasteiger partial charge is 0.369 e. The molecular weight excluding hydrogens is 256 g/mol. The fourth-order valence-corrected chi connectivity index (χ4v) is 2.25. The van der Waals surface area contributed by atoms with E-state index < -0.39 is 0 Å². The van der Waals surface area contributed by atoms with E-state index in [1.807, 2.05) is 31.2 Å². The van der Waals surface area contributed by atoms with Crippen LogP contribution in [0.3, 0.4) is 0 Å². The molecule has 0 aliphatic carbocycles. The molecule has 0 spiro atoms. The number of carbonyl (C=O) groups is 2. The Labute approximate surface area is 118 Å². The number of hydrogen-bond donors (Lipinski definition) is 3. The molecule has 1 aromatic carbocycles. The molecule has 3 amide bonds. The van der Waals surface area contributed by atoms with Gasteiger partial charge in [0.15, 0.2) is 0 Å². The molecular formula is C14H20N4O2. The van der Waals surface area contributed by atoms with Crippen LogP contribution in [0.5, 0.6) is 0 Å². The number of nitrogens with one attached hydrogen (secondary N) is 1. The van der Waals surface area contributed by atoms with Crippen LogP contribution in [0.4, 0.5) is 10.5 Å². The minimum absolute atomic E-state index is 0.0327. The third-order valence-electron chi connectivity index (χ3n) is 3.57. The molecule has 6 nitrogen and oxygen atoms in total. The van der Waals surface area contributed by atoms with Gasteiger partial charge in [-0.2, -0.15) is 0 Å². The van der Waals surface area contributed by atoms with Crippen molar-refractivity contribution in [2.45, 2.75) is 19.4 Å². The first-order valence-electron chi connectivity index (χ1n) is 6.68. The second-order valence-electron chi connectivity index (χ2n) is 5.17. The summed E-state index contributed by atoms with van der Waals surface area (Å²) in [5, 5.41) is 2.80. The summed E-state index contributed by atoms with van der Waals surface area (Å²) >= 11 is 0. The lowest BCUT2D eigenvalue weighted by Crippen LogP contribution is -2.34. The average molecular weight is 276 g/mol. The monoisotopic (exact) mass is 276 g/mol. The molecule has 2 unspecified atom stereocenters. The summed E-state index contributed by atoms with van der Waals surface area (Å²) in [5.41, 5.74) is 12.7. The van der Waals surface area contributed by atoms with Gasteiger partial charge >= 0.3 is 6.03 Å². The number of carbonyl (C=O) groups excluding carboxylic acids is 2. The highest BCUT2D eigenvalue weighted by molar-refractivity contribution is 5.90. The fraction of sp³-hybridized carbons (Fsp3) is 0.429. The number of nitrogens with two attached hydrogens (primary N) is 2. The van der Waals surface area contributed by atoms with Crippen LogP contribution in [-0.4, -0.2) is 29.9 Å². The molecule has 108 valence electrons. The summed E-state index contributed by atoms with van der Waals surface area (Å²) in [6, 6.07) is 7.17. The van der Waals surface area contributed by atoms with E-state index in [-0.39, 0.29) is 23.9 Å². The molecule has 0 bridgehead atoms. The quantitative estimate of drug-likeness (QED) is 0.768. The third-order valence-corrected chi connectivity index (χ3v) is 3.57. The number of urea groups is 1. The molecule has 2 atom stereocenters. The molecule has 20 heavy (non-hydrogen) atoms. The topological polar surface area (TPSA) is 101 Å². The van der Waals surface area contributed by atoms with Crippen LogP contribution in [-0.2, 0) is 4.79 Å². The lowest BCUT2D eigenvalue weighted by Gasteiger charge is -2.17. The van der Waals surface area contributed by atoms with Crippen molar-refractivity contribution in [3.8, 4) is 0 Å². The molecule has 0 radical (unpaired) electrons. The number of nitrogens with zero attached hydrogens (tertiary/aromatic N) is 1. The maximum absolute atomic E-state index is 12.0. The number of benzene rings is 1. The van der Waals surface area contributed by atoms with Crippen molar-refractivity contribution >= 4 is 17.6 Å². The first kappa shape index (κ1) is 14.3. The minimum atomic E-state index is -0.346. The SMILES string of the molecule is CC(N)c1ccc(NC(=O)N2CCC(C(N)=O)C2)cc1. The van der Waals surface area contributed by atoms with E-state index in [1.165, 1.54) is 0 Å². The van der Waals surface area contributed by atoms with E-state index in [4.69, 9.17) is 11.5 Å². The van der Waals surface area contributed by atoms with Crippen LogP contribution in [0.25, 0.3) is 0 Å². The van der Waals surface area contributed by atoms with Crippen molar-refractivity contribution in [3.05, 3.63) is 29.8 Å². The van der Waals surface area contributed by atoms with Crippen LogP contribution in [0.2, 0.25) is 0 Å². The lowest BCUT2D eigenvalue weighted by atomic mass is 10.1. The Morgan fingerprint density at radius 3 is 2.50 bits per heavy atom. The van der Waals surface area contributed by atoms with Crippen molar-refractivity contribution in [2.75, 3.05) is 18.4 Å². The molecule has 1 heterocycles. The zero-order valence-electron chi connectivity index (χ0n) is 11.5. The van der Waals surface area contributed by atoms with Crippen LogP contribution in [0.15, 0.2) is 24.3 Å². The van der Waals surface area contributed by atoms with E-state index in [0.717, 1.165) is 5.56 Å². The minimum Gasteiger partial charge on any atom is -0.369 e. The van der Waals surface area contributed by atoms with Gasteiger partial charge in [0.05, 0.1) is 5.92 Å². The van der Waals surface area contributed by atoms with E-state index >= 15 is 0 Å². The van der Waals surface area contributed by atoms with Crippen molar-refractivity contribution in [2.24, 2.45) is 17.4 Å². The highest BCUT2D eigenvalue weighted by Crippen LogP contribution is 2.18. The highest BCUT2D eigenvalue weighted by Gasteiger charge is 2.29. The second-order valence-corrected chi connectivity index (χ2v) is 5.17. The third kappa shape index (κ3) is 3.27. The summed E-state index contributed by atoms with van der Waals surface area (Å²) in [6.45, 7) is 2.85. The number of hydrogen-bond acceptors (Lipinski definition) is 3. The molecule has 1 fully saturated rings. The molecule has 0 saturated carbocycles. The van der Waals surface area contributed by atoms with E-state index in [0.29, 0.717) is 25.2 Å². The predicted molar refractivity (Wildman–Crippen MR) is 76.9 cm³/mol. The van der Waals surface area contributed by atoms with Crippen LogP contribution < -0.4 is 16.8 Å². The molecule has 1 saturated heterocycles. The first-order chi connectivity index (χ1) is 9.47. The summed E-state index contributed by atoms with van der Waals surface area (Å²) in [7, 11) is 0. The van der Waals surface area contributed by atoms with Gasteiger partial charge in [0.2, 0.25) is 5.91 Å². The smallest absolute Gasteiger partial charge is 0.321 e. The highest BCUT2D eigenvalue weighted by atomic mass is 16.2. The van der Waals surface area contributed by atoms with Crippen molar-refractivity contribution in [1.82, 2.24) is 4.90 Å². The fourth-order valence-electron chi connectivity index (χ4n) is 2.25. The molecule has 6 heteroatoms. The standard InChI is InChI=1S/C14H20N4O2/c1-9(15)10-2-4-12(5-3-10)17-14(20)18-7-6-11(8-18)13(16)19/h2-5,9,11H,6-8,15H2,1H3,(H2,16,19)(H,17,20). The van der Waals surface area contributed by atoms with Gasteiger partial charge in [-0.15, -0.1) is 0 Å². The number of amides is 3. The van der Waals surface area contributed by atoms with Gasteiger partial charge in [0, 0.05) is 24.8 Å². The van der Waals surface area contributed by atoms with Gasteiger partial charge in [0.1, 0.15) is 0 Å². The van der Waals surface area contributed by atoms with E-state index in [2.05, 4.69) is 5.32 Å². The van der Waals surface area contributed by atoms with Gasteiger partial charge < -0.3 is 21.7 Å². The molecule has 1 aliphatic heterocycles. The molecule has 5 N–H and O–H groups in total. The normalized spacial score (nSPS) is 19.7. The van der Waals surface area contributed by atoms with Gasteiger partial charge in [-0.1, -0.05) is 12.1 Å². The number of anilines is 1. The predicted octanol–water partition coefficient (Wildman–Crippen LogP) is 1.05. The molecule has 1 aliphatic rings. The first-order valence-corrected chi connectivity index (χ1v) is 6.68. The van der Waals surface area contributed by atoms with Crippen molar-refractivity contribution < 1.29 is 9.59 Å². The van der Waals surface area contributed by atoms with Gasteiger partial charge in [-0.05, 0) is 31.0 Å². The Kier molecular flexibility index (Phi) is 4.24. The zero-order valence-corrected chi connectivity index (χ0v) is 11.5. The second kappa shape index (κ2) is 5.92. The maximum atomic E-state index is 12.0. The van der Waals surface area contributed by atoms with E-state index in [1.54, 1.807) is 4.90 Å². The Balaban J connectivity index is 1.93. The number of likely N-dealkylation sites (tertiary alicyclic amines) is 1. The van der Waals surface area contributed by atoms with Crippen LogP contribution in [0, 0.1) is 5.92 Å². The van der Waals surface area contributed by atoms with Crippen LogP contribution in [0.1, 0.15) is 24.9 Å². The number of rotatable bonds is 3. The van der Waals surface area contributed by atoms with Gasteiger partial charge in [-0.3, -0.25) is 4.79 Å². The van der Waals surface area contributed by atoms with Crippen molar-refractivity contribution in [3.63, 3.8) is 0 Å². The Morgan fingerprint density at radius 2 is 2.00 bits per heavy atom. The summed E-state index contributed by atoms with van der Waals surface area (Å²) in [5.74, 6) is -0.581. The Morgan fingerprint density at radius 1 is 1.35 bits per heavy atom. The molecule has 2 rings (SSSR count).